The Balaban J connectivity index is 2.99. The van der Waals surface area contributed by atoms with Crippen LogP contribution in [0.2, 0.25) is 0 Å². The van der Waals surface area contributed by atoms with Gasteiger partial charge in [-0.1, -0.05) is 26.7 Å². The molecule has 0 aliphatic heterocycles. The molecule has 0 unspecified atom stereocenters. The molecular formula is C14H24O4. The highest BCUT2D eigenvalue weighted by Crippen LogP contribution is 2.45. The normalized spacial score (nSPS) is 15.6. The summed E-state index contributed by atoms with van der Waals surface area (Å²) in [6, 6.07) is 0. The van der Waals surface area contributed by atoms with Crippen molar-refractivity contribution in [3.8, 4) is 0 Å². The van der Waals surface area contributed by atoms with E-state index in [0.29, 0.717) is 12.3 Å². The van der Waals surface area contributed by atoms with Crippen molar-refractivity contribution in [1.29, 1.82) is 0 Å². The summed E-state index contributed by atoms with van der Waals surface area (Å²) >= 11 is 0. The van der Waals surface area contributed by atoms with Gasteiger partial charge in [0.2, 0.25) is 0 Å². The van der Waals surface area contributed by atoms with E-state index >= 15 is 0 Å². The summed E-state index contributed by atoms with van der Waals surface area (Å²) in [6.45, 7) is 7.86. The molecule has 0 atom stereocenters. The number of esters is 2. The highest BCUT2D eigenvalue weighted by molar-refractivity contribution is 6.00. The molecule has 0 aromatic heterocycles. The van der Waals surface area contributed by atoms with Gasteiger partial charge in [-0.3, -0.25) is 9.59 Å². The van der Waals surface area contributed by atoms with Gasteiger partial charge in [0.1, 0.15) is 0 Å². The SMILES string of the molecule is CCOC(=O)C(CC1CC1)(C(=O)OCC)C(C)C. The van der Waals surface area contributed by atoms with Gasteiger partial charge in [-0.2, -0.15) is 0 Å². The quantitative estimate of drug-likeness (QED) is 0.519. The standard InChI is InChI=1S/C14H24O4/c1-5-17-12(15)14(10(3)4,9-11-7-8-11)13(16)18-6-2/h10-11H,5-9H2,1-4H3. The van der Waals surface area contributed by atoms with Crippen molar-refractivity contribution in [2.75, 3.05) is 13.2 Å². The molecule has 0 N–H and O–H groups in total. The Morgan fingerprint density at radius 2 is 1.56 bits per heavy atom. The number of carbonyl (C=O) groups is 2. The number of ether oxygens (including phenoxy) is 2. The van der Waals surface area contributed by atoms with Crippen molar-refractivity contribution in [2.24, 2.45) is 17.3 Å². The van der Waals surface area contributed by atoms with E-state index in [1.54, 1.807) is 13.8 Å². The number of hydrogen-bond donors (Lipinski definition) is 0. The van der Waals surface area contributed by atoms with Gasteiger partial charge in [-0.05, 0) is 32.1 Å². The molecule has 104 valence electrons. The third-order valence-electron chi connectivity index (χ3n) is 3.57. The lowest BCUT2D eigenvalue weighted by atomic mass is 9.73. The van der Waals surface area contributed by atoms with E-state index < -0.39 is 17.4 Å². The van der Waals surface area contributed by atoms with Crippen molar-refractivity contribution in [3.63, 3.8) is 0 Å². The topological polar surface area (TPSA) is 52.6 Å². The minimum Gasteiger partial charge on any atom is -0.465 e. The predicted molar refractivity (Wildman–Crippen MR) is 67.9 cm³/mol. The van der Waals surface area contributed by atoms with Gasteiger partial charge >= 0.3 is 11.9 Å². The van der Waals surface area contributed by atoms with E-state index in [1.165, 1.54) is 0 Å². The lowest BCUT2D eigenvalue weighted by molar-refractivity contribution is -0.177. The van der Waals surface area contributed by atoms with E-state index in [-0.39, 0.29) is 19.1 Å². The van der Waals surface area contributed by atoms with Crippen molar-refractivity contribution >= 4 is 11.9 Å². The molecule has 1 rings (SSSR count). The zero-order valence-corrected chi connectivity index (χ0v) is 11.8. The Morgan fingerprint density at radius 3 is 1.83 bits per heavy atom. The highest BCUT2D eigenvalue weighted by atomic mass is 16.6. The summed E-state index contributed by atoms with van der Waals surface area (Å²) in [5.74, 6) is -0.506. The fourth-order valence-corrected chi connectivity index (χ4v) is 2.25. The summed E-state index contributed by atoms with van der Waals surface area (Å²) < 4.78 is 10.3. The van der Waals surface area contributed by atoms with E-state index in [0.717, 1.165) is 12.8 Å². The Bertz CT molecular complexity index is 287. The lowest BCUT2D eigenvalue weighted by Gasteiger charge is -2.32. The second kappa shape index (κ2) is 6.21. The molecule has 1 aliphatic rings. The largest absolute Gasteiger partial charge is 0.465 e. The zero-order chi connectivity index (χ0) is 13.8. The van der Waals surface area contributed by atoms with Gasteiger partial charge in [-0.15, -0.1) is 0 Å². The van der Waals surface area contributed by atoms with Gasteiger partial charge in [-0.25, -0.2) is 0 Å². The summed E-state index contributed by atoms with van der Waals surface area (Å²) in [4.78, 5) is 24.5. The second-order valence-corrected chi connectivity index (χ2v) is 5.21. The maximum Gasteiger partial charge on any atom is 0.323 e. The fourth-order valence-electron chi connectivity index (χ4n) is 2.25. The molecule has 18 heavy (non-hydrogen) atoms. The van der Waals surface area contributed by atoms with Crippen LogP contribution in [0, 0.1) is 17.3 Å². The molecule has 0 saturated heterocycles. The van der Waals surface area contributed by atoms with Crippen LogP contribution in [0.1, 0.15) is 47.0 Å². The molecule has 0 amide bonds. The lowest BCUT2D eigenvalue weighted by Crippen LogP contribution is -2.46. The Hall–Kier alpha value is -1.06. The van der Waals surface area contributed by atoms with Crippen LogP contribution in [-0.2, 0) is 19.1 Å². The highest BCUT2D eigenvalue weighted by Gasteiger charge is 2.53. The van der Waals surface area contributed by atoms with E-state index in [2.05, 4.69) is 0 Å². The molecule has 1 saturated carbocycles. The van der Waals surface area contributed by atoms with E-state index in [9.17, 15) is 9.59 Å². The third-order valence-corrected chi connectivity index (χ3v) is 3.57. The summed E-state index contributed by atoms with van der Waals surface area (Å²) in [5, 5.41) is 0. The van der Waals surface area contributed by atoms with Crippen LogP contribution in [-0.4, -0.2) is 25.2 Å². The molecule has 0 spiro atoms. The van der Waals surface area contributed by atoms with Crippen LogP contribution in [0.25, 0.3) is 0 Å². The van der Waals surface area contributed by atoms with Crippen LogP contribution < -0.4 is 0 Å². The molecule has 1 fully saturated rings. The fraction of sp³-hybridized carbons (Fsp3) is 0.857. The first kappa shape index (κ1) is 15.0. The molecular weight excluding hydrogens is 232 g/mol. The molecule has 0 aromatic carbocycles. The van der Waals surface area contributed by atoms with Crippen molar-refractivity contribution in [3.05, 3.63) is 0 Å². The number of rotatable bonds is 7. The van der Waals surface area contributed by atoms with Crippen LogP contribution in [0.15, 0.2) is 0 Å². The molecule has 0 bridgehead atoms. The summed E-state index contributed by atoms with van der Waals surface area (Å²) in [7, 11) is 0. The average molecular weight is 256 g/mol. The Morgan fingerprint density at radius 1 is 1.11 bits per heavy atom. The van der Waals surface area contributed by atoms with Crippen molar-refractivity contribution in [2.45, 2.75) is 47.0 Å². The maximum atomic E-state index is 12.3. The van der Waals surface area contributed by atoms with Gasteiger partial charge in [0.15, 0.2) is 5.41 Å². The van der Waals surface area contributed by atoms with Gasteiger partial charge < -0.3 is 9.47 Å². The molecule has 1 aliphatic carbocycles. The van der Waals surface area contributed by atoms with Crippen LogP contribution in [0.5, 0.6) is 0 Å². The average Bonchev–Trinajstić information content (AvgIpc) is 3.09. The third kappa shape index (κ3) is 3.03. The smallest absolute Gasteiger partial charge is 0.323 e. The first-order valence-electron chi connectivity index (χ1n) is 6.83. The molecule has 0 heterocycles. The van der Waals surface area contributed by atoms with Crippen LogP contribution >= 0.6 is 0 Å². The summed E-state index contributed by atoms with van der Waals surface area (Å²) in [6.07, 6.45) is 2.74. The monoisotopic (exact) mass is 256 g/mol. The van der Waals surface area contributed by atoms with Crippen LogP contribution in [0.3, 0.4) is 0 Å². The van der Waals surface area contributed by atoms with Crippen LogP contribution in [0.4, 0.5) is 0 Å². The molecule has 4 heteroatoms. The molecule has 0 aromatic rings. The maximum absolute atomic E-state index is 12.3. The Labute approximate surface area is 109 Å². The Kier molecular flexibility index (Phi) is 5.17. The number of hydrogen-bond acceptors (Lipinski definition) is 4. The minimum absolute atomic E-state index is 0.115. The van der Waals surface area contributed by atoms with Gasteiger partial charge in [0.05, 0.1) is 13.2 Å². The summed E-state index contributed by atoms with van der Waals surface area (Å²) in [5.41, 5.74) is -1.12. The predicted octanol–water partition coefficient (Wildman–Crippen LogP) is 2.56. The van der Waals surface area contributed by atoms with Gasteiger partial charge in [0, 0.05) is 0 Å². The van der Waals surface area contributed by atoms with E-state index in [4.69, 9.17) is 9.47 Å². The van der Waals surface area contributed by atoms with Crippen molar-refractivity contribution < 1.29 is 19.1 Å². The first-order chi connectivity index (χ1) is 8.48. The number of carbonyl (C=O) groups excluding carboxylic acids is 2. The molecule has 0 radical (unpaired) electrons. The minimum atomic E-state index is -1.12. The second-order valence-electron chi connectivity index (χ2n) is 5.21. The first-order valence-corrected chi connectivity index (χ1v) is 6.83. The van der Waals surface area contributed by atoms with Crippen molar-refractivity contribution in [1.82, 2.24) is 0 Å². The van der Waals surface area contributed by atoms with E-state index in [1.807, 2.05) is 13.8 Å². The van der Waals surface area contributed by atoms with Gasteiger partial charge in [0.25, 0.3) is 0 Å². The molecule has 4 nitrogen and oxygen atoms in total. The zero-order valence-electron chi connectivity index (χ0n) is 11.8.